The average Bonchev–Trinajstić information content (AvgIpc) is 2.16. The molecular formula is C10H14FNO. The lowest BCUT2D eigenvalue weighted by Crippen LogP contribution is -2.10. The number of benzene rings is 1. The van der Waals surface area contributed by atoms with E-state index in [0.29, 0.717) is 12.3 Å². The second kappa shape index (κ2) is 4.23. The van der Waals surface area contributed by atoms with Crippen LogP contribution in [-0.2, 0) is 0 Å². The minimum absolute atomic E-state index is 0.116. The molecule has 1 aromatic rings. The molecule has 3 heteroatoms. The zero-order valence-corrected chi connectivity index (χ0v) is 7.88. The van der Waals surface area contributed by atoms with Gasteiger partial charge in [-0.25, -0.2) is 4.39 Å². The fraction of sp³-hybridized carbons (Fsp3) is 0.400. The van der Waals surface area contributed by atoms with E-state index in [9.17, 15) is 4.39 Å². The van der Waals surface area contributed by atoms with Gasteiger partial charge >= 0.3 is 0 Å². The van der Waals surface area contributed by atoms with Crippen molar-refractivity contribution in [3.8, 4) is 5.75 Å². The SMILES string of the molecule is COc1c(F)cccc1C(C)CN. The van der Waals surface area contributed by atoms with Gasteiger partial charge in [-0.05, 0) is 18.5 Å². The first kappa shape index (κ1) is 9.99. The molecule has 0 aliphatic heterocycles. The normalized spacial score (nSPS) is 12.6. The van der Waals surface area contributed by atoms with Crippen LogP contribution in [0.15, 0.2) is 18.2 Å². The summed E-state index contributed by atoms with van der Waals surface area (Å²) >= 11 is 0. The minimum Gasteiger partial charge on any atom is -0.493 e. The zero-order valence-electron chi connectivity index (χ0n) is 7.88. The summed E-state index contributed by atoms with van der Waals surface area (Å²) in [5.74, 6) is 0.0893. The highest BCUT2D eigenvalue weighted by Gasteiger charge is 2.12. The number of hydrogen-bond acceptors (Lipinski definition) is 2. The molecule has 0 bridgehead atoms. The molecule has 72 valence electrons. The molecule has 0 saturated heterocycles. The predicted octanol–water partition coefficient (Wildman–Crippen LogP) is 1.90. The lowest BCUT2D eigenvalue weighted by atomic mass is 10.0. The third-order valence-electron chi connectivity index (χ3n) is 2.09. The Bertz CT molecular complexity index is 288. The molecule has 0 spiro atoms. The molecule has 2 nitrogen and oxygen atoms in total. The highest BCUT2D eigenvalue weighted by atomic mass is 19.1. The molecule has 0 heterocycles. The van der Waals surface area contributed by atoms with Crippen LogP contribution in [0.3, 0.4) is 0 Å². The molecule has 13 heavy (non-hydrogen) atoms. The summed E-state index contributed by atoms with van der Waals surface area (Å²) < 4.78 is 18.1. The predicted molar refractivity (Wildman–Crippen MR) is 50.4 cm³/mol. The van der Waals surface area contributed by atoms with E-state index in [1.54, 1.807) is 6.07 Å². The number of hydrogen-bond donors (Lipinski definition) is 1. The van der Waals surface area contributed by atoms with Crippen LogP contribution in [-0.4, -0.2) is 13.7 Å². The quantitative estimate of drug-likeness (QED) is 0.776. The van der Waals surface area contributed by atoms with Gasteiger partial charge in [-0.15, -0.1) is 0 Å². The Labute approximate surface area is 77.5 Å². The van der Waals surface area contributed by atoms with Gasteiger partial charge in [0.05, 0.1) is 7.11 Å². The molecule has 0 fully saturated rings. The Morgan fingerprint density at radius 2 is 2.23 bits per heavy atom. The summed E-state index contributed by atoms with van der Waals surface area (Å²) in [6, 6.07) is 4.88. The number of rotatable bonds is 3. The van der Waals surface area contributed by atoms with Crippen molar-refractivity contribution in [2.75, 3.05) is 13.7 Å². The highest BCUT2D eigenvalue weighted by Crippen LogP contribution is 2.28. The number of methoxy groups -OCH3 is 1. The van der Waals surface area contributed by atoms with Gasteiger partial charge in [0.15, 0.2) is 11.6 Å². The number of ether oxygens (including phenoxy) is 1. The molecule has 1 rings (SSSR count). The third kappa shape index (κ3) is 1.98. The van der Waals surface area contributed by atoms with Crippen LogP contribution < -0.4 is 10.5 Å². The fourth-order valence-electron chi connectivity index (χ4n) is 1.26. The van der Waals surface area contributed by atoms with Crippen LogP contribution in [0.25, 0.3) is 0 Å². The zero-order chi connectivity index (χ0) is 9.84. The van der Waals surface area contributed by atoms with E-state index in [-0.39, 0.29) is 11.7 Å². The molecule has 0 aliphatic rings. The lowest BCUT2D eigenvalue weighted by Gasteiger charge is -2.13. The van der Waals surface area contributed by atoms with Crippen LogP contribution in [0.5, 0.6) is 5.75 Å². The second-order valence-corrected chi connectivity index (χ2v) is 3.00. The summed E-state index contributed by atoms with van der Waals surface area (Å²) in [6.07, 6.45) is 0. The Morgan fingerprint density at radius 3 is 2.77 bits per heavy atom. The molecule has 1 atom stereocenters. The molecule has 0 radical (unpaired) electrons. The Hall–Kier alpha value is -1.09. The molecule has 1 aromatic carbocycles. The molecule has 0 saturated carbocycles. The fourth-order valence-corrected chi connectivity index (χ4v) is 1.26. The second-order valence-electron chi connectivity index (χ2n) is 3.00. The number of nitrogens with two attached hydrogens (primary N) is 1. The van der Waals surface area contributed by atoms with Crippen molar-refractivity contribution in [3.05, 3.63) is 29.6 Å². The molecule has 0 aromatic heterocycles. The lowest BCUT2D eigenvalue weighted by molar-refractivity contribution is 0.378. The Balaban J connectivity index is 3.12. The van der Waals surface area contributed by atoms with E-state index >= 15 is 0 Å². The van der Waals surface area contributed by atoms with Gasteiger partial charge in [-0.2, -0.15) is 0 Å². The van der Waals surface area contributed by atoms with Gasteiger partial charge < -0.3 is 10.5 Å². The highest BCUT2D eigenvalue weighted by molar-refractivity contribution is 5.37. The van der Waals surface area contributed by atoms with Crippen LogP contribution in [0.1, 0.15) is 18.4 Å². The van der Waals surface area contributed by atoms with E-state index in [1.165, 1.54) is 13.2 Å². The van der Waals surface area contributed by atoms with E-state index in [2.05, 4.69) is 0 Å². The first-order valence-corrected chi connectivity index (χ1v) is 4.23. The van der Waals surface area contributed by atoms with Crippen molar-refractivity contribution < 1.29 is 9.13 Å². The maximum Gasteiger partial charge on any atom is 0.165 e. The molecular weight excluding hydrogens is 169 g/mol. The molecule has 0 amide bonds. The van der Waals surface area contributed by atoms with Gasteiger partial charge in [-0.1, -0.05) is 19.1 Å². The van der Waals surface area contributed by atoms with E-state index in [1.807, 2.05) is 13.0 Å². The van der Waals surface area contributed by atoms with Crippen LogP contribution in [0.4, 0.5) is 4.39 Å². The van der Waals surface area contributed by atoms with E-state index in [4.69, 9.17) is 10.5 Å². The van der Waals surface area contributed by atoms with Crippen molar-refractivity contribution >= 4 is 0 Å². The first-order valence-electron chi connectivity index (χ1n) is 4.23. The van der Waals surface area contributed by atoms with Crippen molar-refractivity contribution in [1.29, 1.82) is 0 Å². The summed E-state index contributed by atoms with van der Waals surface area (Å²) in [4.78, 5) is 0. The minimum atomic E-state index is -0.333. The molecule has 1 unspecified atom stereocenters. The number of halogens is 1. The van der Waals surface area contributed by atoms with Crippen molar-refractivity contribution in [2.45, 2.75) is 12.8 Å². The maximum absolute atomic E-state index is 13.2. The van der Waals surface area contributed by atoms with Crippen molar-refractivity contribution in [1.82, 2.24) is 0 Å². The Morgan fingerprint density at radius 1 is 1.54 bits per heavy atom. The summed E-state index contributed by atoms with van der Waals surface area (Å²) in [7, 11) is 1.46. The van der Waals surface area contributed by atoms with E-state index in [0.717, 1.165) is 5.56 Å². The summed E-state index contributed by atoms with van der Waals surface area (Å²) in [6.45, 7) is 2.43. The molecule has 0 aliphatic carbocycles. The maximum atomic E-state index is 13.2. The van der Waals surface area contributed by atoms with Gasteiger partial charge in [-0.3, -0.25) is 0 Å². The van der Waals surface area contributed by atoms with Gasteiger partial charge in [0.25, 0.3) is 0 Å². The topological polar surface area (TPSA) is 35.2 Å². The van der Waals surface area contributed by atoms with Crippen molar-refractivity contribution in [3.63, 3.8) is 0 Å². The monoisotopic (exact) mass is 183 g/mol. The van der Waals surface area contributed by atoms with Crippen LogP contribution in [0, 0.1) is 5.82 Å². The van der Waals surface area contributed by atoms with Crippen LogP contribution >= 0.6 is 0 Å². The van der Waals surface area contributed by atoms with Gasteiger partial charge in [0.2, 0.25) is 0 Å². The smallest absolute Gasteiger partial charge is 0.165 e. The molecule has 2 N–H and O–H groups in total. The average molecular weight is 183 g/mol. The van der Waals surface area contributed by atoms with Crippen LogP contribution in [0.2, 0.25) is 0 Å². The van der Waals surface area contributed by atoms with Crippen molar-refractivity contribution in [2.24, 2.45) is 5.73 Å². The van der Waals surface area contributed by atoms with E-state index < -0.39 is 0 Å². The largest absolute Gasteiger partial charge is 0.493 e. The summed E-state index contributed by atoms with van der Waals surface area (Å²) in [5, 5.41) is 0. The number of para-hydroxylation sites is 1. The van der Waals surface area contributed by atoms with Gasteiger partial charge in [0.1, 0.15) is 0 Å². The summed E-state index contributed by atoms with van der Waals surface area (Å²) in [5.41, 5.74) is 6.32. The Kier molecular flexibility index (Phi) is 3.25. The first-order chi connectivity index (χ1) is 6.20. The third-order valence-corrected chi connectivity index (χ3v) is 2.09. The standard InChI is InChI=1S/C10H14FNO/c1-7(6-12)8-4-3-5-9(11)10(8)13-2/h3-5,7H,6,12H2,1-2H3. The van der Waals surface area contributed by atoms with Gasteiger partial charge in [0, 0.05) is 5.56 Å².